The molecule has 1 atom stereocenters. The largest absolute Gasteiger partial charge is 0.486 e. The lowest BCUT2D eigenvalue weighted by Gasteiger charge is -2.50. The molecule has 1 unspecified atom stereocenters. The molecule has 2 aromatic rings. The van der Waals surface area contributed by atoms with E-state index in [1.807, 2.05) is 12.1 Å². The highest BCUT2D eigenvalue weighted by Gasteiger charge is 2.46. The van der Waals surface area contributed by atoms with Gasteiger partial charge in [0, 0.05) is 6.54 Å². The second kappa shape index (κ2) is 6.76. The van der Waals surface area contributed by atoms with Gasteiger partial charge in [0.1, 0.15) is 18.8 Å². The quantitative estimate of drug-likeness (QED) is 0.875. The molecule has 4 heterocycles. The van der Waals surface area contributed by atoms with Crippen molar-refractivity contribution in [3.05, 3.63) is 48.0 Å². The molecule has 0 amide bonds. The summed E-state index contributed by atoms with van der Waals surface area (Å²) in [5.41, 5.74) is 2.59. The highest BCUT2D eigenvalue weighted by atomic mass is 35.5. The van der Waals surface area contributed by atoms with Gasteiger partial charge < -0.3 is 19.5 Å². The number of halogens is 1. The van der Waals surface area contributed by atoms with Gasteiger partial charge in [-0.25, -0.2) is 0 Å². The van der Waals surface area contributed by atoms with Crippen LogP contribution in [0.1, 0.15) is 18.4 Å². The predicted molar refractivity (Wildman–Crippen MR) is 103 cm³/mol. The Morgan fingerprint density at radius 2 is 1.54 bits per heavy atom. The third-order valence-electron chi connectivity index (χ3n) is 5.99. The maximum absolute atomic E-state index is 11.3. The monoisotopic (exact) mass is 373 g/mol. The normalized spacial score (nSPS) is 29.1. The highest BCUT2D eigenvalue weighted by molar-refractivity contribution is 5.85. The second-order valence-electron chi connectivity index (χ2n) is 7.41. The topological polar surface area (TPSA) is 41.9 Å². The molecule has 4 aliphatic heterocycles. The molecular formula is C21H24ClNO3. The second-order valence-corrected chi connectivity index (χ2v) is 7.41. The molecule has 0 spiro atoms. The van der Waals surface area contributed by atoms with Crippen LogP contribution in [-0.4, -0.2) is 42.9 Å². The van der Waals surface area contributed by atoms with E-state index in [-0.39, 0.29) is 12.4 Å². The molecule has 0 saturated carbocycles. The molecule has 5 heteroatoms. The molecule has 0 aliphatic carbocycles. The number of aliphatic hydroxyl groups is 1. The molecule has 3 fully saturated rings. The SMILES string of the molecule is Cl.OC1(c2ccc(-c3ccc4c(c3)OCCO4)cc2)CN2CCC1CC2. The number of nitrogens with zero attached hydrogens (tertiary/aromatic N) is 1. The van der Waals surface area contributed by atoms with E-state index in [9.17, 15) is 5.11 Å². The standard InChI is InChI=1S/C21H23NO3.ClH/c23-21(14-22-9-7-18(21)8-10-22)17-4-1-15(2-5-17)16-3-6-19-20(13-16)25-12-11-24-19;/h1-6,13,18,23H,7-12,14H2;1H. The Labute approximate surface area is 160 Å². The first kappa shape index (κ1) is 17.7. The lowest BCUT2D eigenvalue weighted by Crippen LogP contribution is -2.57. The van der Waals surface area contributed by atoms with Crippen molar-refractivity contribution in [1.82, 2.24) is 4.90 Å². The van der Waals surface area contributed by atoms with E-state index in [1.54, 1.807) is 0 Å². The molecule has 0 radical (unpaired) electrons. The van der Waals surface area contributed by atoms with Crippen molar-refractivity contribution >= 4 is 12.4 Å². The van der Waals surface area contributed by atoms with Crippen LogP contribution in [-0.2, 0) is 5.60 Å². The molecule has 1 N–H and O–H groups in total. The summed E-state index contributed by atoms with van der Waals surface area (Å²) in [5.74, 6) is 2.01. The van der Waals surface area contributed by atoms with Crippen molar-refractivity contribution in [1.29, 1.82) is 0 Å². The maximum atomic E-state index is 11.3. The van der Waals surface area contributed by atoms with Crippen LogP contribution < -0.4 is 9.47 Å². The highest BCUT2D eigenvalue weighted by Crippen LogP contribution is 2.43. The molecule has 4 nitrogen and oxygen atoms in total. The molecule has 26 heavy (non-hydrogen) atoms. The molecule has 3 saturated heterocycles. The van der Waals surface area contributed by atoms with E-state index in [2.05, 4.69) is 35.2 Å². The minimum absolute atomic E-state index is 0. The fraction of sp³-hybridized carbons (Fsp3) is 0.429. The van der Waals surface area contributed by atoms with Gasteiger partial charge in [-0.05, 0) is 60.7 Å². The van der Waals surface area contributed by atoms with E-state index in [0.29, 0.717) is 19.1 Å². The predicted octanol–water partition coefficient (Wildman–Crippen LogP) is 3.46. The number of ether oxygens (including phenoxy) is 2. The summed E-state index contributed by atoms with van der Waals surface area (Å²) in [6.07, 6.45) is 2.20. The minimum atomic E-state index is -0.693. The Morgan fingerprint density at radius 3 is 2.19 bits per heavy atom. The van der Waals surface area contributed by atoms with Crippen LogP contribution in [0.2, 0.25) is 0 Å². The molecule has 4 aliphatic rings. The summed E-state index contributed by atoms with van der Waals surface area (Å²) in [5, 5.41) is 11.3. The number of benzene rings is 2. The van der Waals surface area contributed by atoms with Gasteiger partial charge in [-0.2, -0.15) is 0 Å². The smallest absolute Gasteiger partial charge is 0.161 e. The Morgan fingerprint density at radius 1 is 0.885 bits per heavy atom. The minimum Gasteiger partial charge on any atom is -0.486 e. The molecule has 2 aromatic carbocycles. The van der Waals surface area contributed by atoms with Crippen molar-refractivity contribution in [2.75, 3.05) is 32.8 Å². The molecule has 2 bridgehead atoms. The first-order valence-corrected chi connectivity index (χ1v) is 9.18. The summed E-state index contributed by atoms with van der Waals surface area (Å²) in [4.78, 5) is 2.38. The van der Waals surface area contributed by atoms with E-state index in [0.717, 1.165) is 60.7 Å². The summed E-state index contributed by atoms with van der Waals surface area (Å²) >= 11 is 0. The Bertz CT molecular complexity index is 786. The average Bonchev–Trinajstić information content (AvgIpc) is 2.68. The molecule has 138 valence electrons. The van der Waals surface area contributed by atoms with Crippen LogP contribution in [0.15, 0.2) is 42.5 Å². The third kappa shape index (κ3) is 2.86. The first-order chi connectivity index (χ1) is 12.2. The van der Waals surface area contributed by atoms with E-state index < -0.39 is 5.60 Å². The zero-order chi connectivity index (χ0) is 16.9. The average molecular weight is 374 g/mol. The van der Waals surface area contributed by atoms with Gasteiger partial charge in [0.05, 0.1) is 0 Å². The van der Waals surface area contributed by atoms with Gasteiger partial charge in [-0.3, -0.25) is 0 Å². The van der Waals surface area contributed by atoms with Crippen LogP contribution in [0.5, 0.6) is 11.5 Å². The van der Waals surface area contributed by atoms with Crippen LogP contribution in [0.25, 0.3) is 11.1 Å². The lowest BCUT2D eigenvalue weighted by atomic mass is 9.71. The molecule has 0 aromatic heterocycles. The van der Waals surface area contributed by atoms with Gasteiger partial charge in [0.2, 0.25) is 0 Å². The van der Waals surface area contributed by atoms with Crippen LogP contribution in [0.3, 0.4) is 0 Å². The van der Waals surface area contributed by atoms with Crippen molar-refractivity contribution in [2.45, 2.75) is 18.4 Å². The van der Waals surface area contributed by atoms with Gasteiger partial charge in [0.15, 0.2) is 11.5 Å². The molecular weight excluding hydrogens is 350 g/mol. The van der Waals surface area contributed by atoms with Crippen molar-refractivity contribution in [3.8, 4) is 22.6 Å². The maximum Gasteiger partial charge on any atom is 0.161 e. The fourth-order valence-corrected chi connectivity index (χ4v) is 4.54. The fourth-order valence-electron chi connectivity index (χ4n) is 4.54. The van der Waals surface area contributed by atoms with Gasteiger partial charge in [0.25, 0.3) is 0 Å². The zero-order valence-electron chi connectivity index (χ0n) is 14.7. The van der Waals surface area contributed by atoms with Gasteiger partial charge >= 0.3 is 0 Å². The van der Waals surface area contributed by atoms with Crippen molar-refractivity contribution in [2.24, 2.45) is 5.92 Å². The van der Waals surface area contributed by atoms with Crippen LogP contribution >= 0.6 is 12.4 Å². The molecule has 6 rings (SSSR count). The van der Waals surface area contributed by atoms with Crippen LogP contribution in [0.4, 0.5) is 0 Å². The number of fused-ring (bicyclic) bond motifs is 4. The van der Waals surface area contributed by atoms with Crippen molar-refractivity contribution in [3.63, 3.8) is 0 Å². The summed E-state index contributed by atoms with van der Waals surface area (Å²) < 4.78 is 11.3. The number of hydrogen-bond donors (Lipinski definition) is 1. The van der Waals surface area contributed by atoms with Gasteiger partial charge in [-0.15, -0.1) is 12.4 Å². The summed E-state index contributed by atoms with van der Waals surface area (Å²) in [6.45, 7) is 4.23. The lowest BCUT2D eigenvalue weighted by molar-refractivity contribution is -0.117. The number of rotatable bonds is 2. The summed E-state index contributed by atoms with van der Waals surface area (Å²) in [7, 11) is 0. The Balaban J connectivity index is 0.00000168. The van der Waals surface area contributed by atoms with E-state index in [1.165, 1.54) is 0 Å². The zero-order valence-corrected chi connectivity index (χ0v) is 15.5. The van der Waals surface area contributed by atoms with E-state index >= 15 is 0 Å². The van der Waals surface area contributed by atoms with Crippen LogP contribution in [0, 0.1) is 5.92 Å². The summed E-state index contributed by atoms with van der Waals surface area (Å²) in [6, 6.07) is 14.5. The third-order valence-corrected chi connectivity index (χ3v) is 5.99. The van der Waals surface area contributed by atoms with E-state index in [4.69, 9.17) is 9.47 Å². The number of hydrogen-bond acceptors (Lipinski definition) is 4. The Hall–Kier alpha value is -1.75. The van der Waals surface area contributed by atoms with Crippen molar-refractivity contribution < 1.29 is 14.6 Å². The Kier molecular flexibility index (Phi) is 4.59. The number of piperidine rings is 3. The first-order valence-electron chi connectivity index (χ1n) is 9.18. The van der Waals surface area contributed by atoms with Gasteiger partial charge in [-0.1, -0.05) is 30.3 Å².